The normalized spacial score (nSPS) is 15.3. The third-order valence-electron chi connectivity index (χ3n) is 4.61. The number of amides is 1. The van der Waals surface area contributed by atoms with Crippen LogP contribution in [0.4, 0.5) is 11.6 Å². The van der Waals surface area contributed by atoms with Crippen LogP contribution < -0.4 is 10.2 Å². The number of aromatic nitrogens is 2. The van der Waals surface area contributed by atoms with E-state index in [1.54, 1.807) is 12.3 Å². The molecule has 1 saturated heterocycles. The Hall–Kier alpha value is -2.14. The molecule has 132 valence electrons. The maximum atomic E-state index is 12.6. The molecular weight excluding hydrogens is 336 g/mol. The summed E-state index contributed by atoms with van der Waals surface area (Å²) in [7, 11) is 0. The Morgan fingerprint density at radius 2 is 2.00 bits per heavy atom. The van der Waals surface area contributed by atoms with Gasteiger partial charge in [-0.25, -0.2) is 9.97 Å². The van der Waals surface area contributed by atoms with Crippen molar-refractivity contribution < 1.29 is 4.79 Å². The van der Waals surface area contributed by atoms with Crippen LogP contribution in [0, 0.1) is 19.8 Å². The summed E-state index contributed by atoms with van der Waals surface area (Å²) < 4.78 is 0. The number of carbonyl (C=O) groups is 1. The molecule has 1 amide bonds. The highest BCUT2D eigenvalue weighted by molar-refractivity contribution is 6.34. The Balaban J connectivity index is 1.78. The molecule has 1 aromatic heterocycles. The van der Waals surface area contributed by atoms with E-state index in [2.05, 4.69) is 27.1 Å². The van der Waals surface area contributed by atoms with Gasteiger partial charge in [0.05, 0.1) is 10.7 Å². The first-order valence-electron chi connectivity index (χ1n) is 8.60. The van der Waals surface area contributed by atoms with Crippen molar-refractivity contribution in [1.82, 2.24) is 9.97 Å². The molecule has 5 nitrogen and oxygen atoms in total. The lowest BCUT2D eigenvalue weighted by Crippen LogP contribution is -2.34. The fraction of sp³-hybridized carbons (Fsp3) is 0.421. The average molecular weight is 359 g/mol. The lowest BCUT2D eigenvalue weighted by Gasteiger charge is -2.30. The smallest absolute Gasteiger partial charge is 0.274 e. The summed E-state index contributed by atoms with van der Waals surface area (Å²) in [6, 6.07) is 5.45. The van der Waals surface area contributed by atoms with Crippen molar-refractivity contribution in [2.24, 2.45) is 5.92 Å². The average Bonchev–Trinajstić information content (AvgIpc) is 2.58. The molecular formula is C19H23ClN4O. The number of hydrogen-bond acceptors (Lipinski definition) is 4. The zero-order valence-corrected chi connectivity index (χ0v) is 15.6. The van der Waals surface area contributed by atoms with Crippen LogP contribution in [0.25, 0.3) is 0 Å². The zero-order valence-electron chi connectivity index (χ0n) is 14.8. The molecule has 0 bridgehead atoms. The second-order valence-electron chi connectivity index (χ2n) is 6.80. The lowest BCUT2D eigenvalue weighted by molar-refractivity contribution is 0.102. The van der Waals surface area contributed by atoms with Crippen molar-refractivity contribution in [2.45, 2.75) is 33.6 Å². The van der Waals surface area contributed by atoms with Crippen molar-refractivity contribution in [3.63, 3.8) is 0 Å². The van der Waals surface area contributed by atoms with Crippen LogP contribution in [-0.4, -0.2) is 29.0 Å². The van der Waals surface area contributed by atoms with E-state index in [4.69, 9.17) is 11.6 Å². The van der Waals surface area contributed by atoms with Crippen molar-refractivity contribution in [1.29, 1.82) is 0 Å². The first-order valence-corrected chi connectivity index (χ1v) is 8.98. The molecule has 1 aromatic carbocycles. The van der Waals surface area contributed by atoms with Crippen LogP contribution in [0.2, 0.25) is 5.02 Å². The number of nitrogens with zero attached hydrogens (tertiary/aromatic N) is 3. The minimum atomic E-state index is -0.275. The van der Waals surface area contributed by atoms with Crippen molar-refractivity contribution >= 4 is 29.1 Å². The van der Waals surface area contributed by atoms with Crippen LogP contribution in [0.1, 0.15) is 41.4 Å². The Bertz CT molecular complexity index is 762. The molecule has 2 heterocycles. The molecule has 0 saturated carbocycles. The maximum absolute atomic E-state index is 12.6. The van der Waals surface area contributed by atoms with Gasteiger partial charge in [0.1, 0.15) is 5.69 Å². The zero-order chi connectivity index (χ0) is 18.0. The number of anilines is 2. The number of nitrogens with one attached hydrogen (secondary N) is 1. The standard InChI is InChI=1S/C19H23ClN4O/c1-12-5-8-24(9-6-12)19-21-7-4-16(22-19)18(25)23-17-14(3)10-13(2)11-15(17)20/h4,7,10-12H,5-6,8-9H2,1-3H3,(H,23,25). The number of hydrogen-bond donors (Lipinski definition) is 1. The molecule has 2 aromatic rings. The van der Waals surface area contributed by atoms with Gasteiger partial charge in [0, 0.05) is 19.3 Å². The predicted octanol–water partition coefficient (Wildman–Crippen LogP) is 4.24. The van der Waals surface area contributed by atoms with Crippen LogP contribution in [-0.2, 0) is 0 Å². The maximum Gasteiger partial charge on any atom is 0.274 e. The van der Waals surface area contributed by atoms with Crippen molar-refractivity contribution in [3.8, 4) is 0 Å². The van der Waals surface area contributed by atoms with Gasteiger partial charge in [0.2, 0.25) is 5.95 Å². The number of halogens is 1. The van der Waals surface area contributed by atoms with Gasteiger partial charge < -0.3 is 10.2 Å². The van der Waals surface area contributed by atoms with Gasteiger partial charge in [-0.05, 0) is 55.9 Å². The Morgan fingerprint density at radius 1 is 1.28 bits per heavy atom. The van der Waals surface area contributed by atoms with Crippen LogP contribution in [0.15, 0.2) is 24.4 Å². The molecule has 25 heavy (non-hydrogen) atoms. The van der Waals surface area contributed by atoms with E-state index in [0.29, 0.717) is 22.4 Å². The lowest BCUT2D eigenvalue weighted by atomic mass is 10.00. The molecule has 3 rings (SSSR count). The van der Waals surface area contributed by atoms with Gasteiger partial charge in [-0.15, -0.1) is 0 Å². The second-order valence-corrected chi connectivity index (χ2v) is 7.21. The fourth-order valence-electron chi connectivity index (χ4n) is 3.09. The molecule has 0 spiro atoms. The minimum Gasteiger partial charge on any atom is -0.341 e. The summed E-state index contributed by atoms with van der Waals surface area (Å²) in [6.07, 6.45) is 3.88. The summed E-state index contributed by atoms with van der Waals surface area (Å²) in [5.74, 6) is 1.07. The summed E-state index contributed by atoms with van der Waals surface area (Å²) in [6.45, 7) is 8.01. The fourth-order valence-corrected chi connectivity index (χ4v) is 3.46. The van der Waals surface area contributed by atoms with E-state index in [-0.39, 0.29) is 5.91 Å². The largest absolute Gasteiger partial charge is 0.341 e. The van der Waals surface area contributed by atoms with E-state index in [0.717, 1.165) is 43.0 Å². The quantitative estimate of drug-likeness (QED) is 0.891. The minimum absolute atomic E-state index is 0.275. The molecule has 0 radical (unpaired) electrons. The first kappa shape index (κ1) is 17.7. The Kier molecular flexibility index (Phi) is 5.23. The highest BCUT2D eigenvalue weighted by Gasteiger charge is 2.19. The van der Waals surface area contributed by atoms with E-state index >= 15 is 0 Å². The third kappa shape index (κ3) is 4.10. The molecule has 1 N–H and O–H groups in total. The number of piperidine rings is 1. The van der Waals surface area contributed by atoms with E-state index in [9.17, 15) is 4.79 Å². The molecule has 6 heteroatoms. The highest BCUT2D eigenvalue weighted by Crippen LogP contribution is 2.28. The monoisotopic (exact) mass is 358 g/mol. The summed E-state index contributed by atoms with van der Waals surface area (Å²) >= 11 is 6.28. The molecule has 0 atom stereocenters. The van der Waals surface area contributed by atoms with Gasteiger partial charge in [-0.1, -0.05) is 24.6 Å². The van der Waals surface area contributed by atoms with Gasteiger partial charge in [0.25, 0.3) is 5.91 Å². The molecule has 0 aliphatic carbocycles. The summed E-state index contributed by atoms with van der Waals surface area (Å²) in [5, 5.41) is 3.41. The van der Waals surface area contributed by atoms with E-state index in [1.165, 1.54) is 0 Å². The number of rotatable bonds is 3. The van der Waals surface area contributed by atoms with Gasteiger partial charge >= 0.3 is 0 Å². The number of carbonyl (C=O) groups excluding carboxylic acids is 1. The Morgan fingerprint density at radius 3 is 2.68 bits per heavy atom. The van der Waals surface area contributed by atoms with Crippen LogP contribution in [0.5, 0.6) is 0 Å². The second kappa shape index (κ2) is 7.40. The van der Waals surface area contributed by atoms with Crippen LogP contribution in [0.3, 0.4) is 0 Å². The van der Waals surface area contributed by atoms with Gasteiger partial charge in [-0.2, -0.15) is 0 Å². The molecule has 0 unspecified atom stereocenters. The molecule has 1 aliphatic rings. The number of aryl methyl sites for hydroxylation is 2. The number of benzene rings is 1. The summed E-state index contributed by atoms with van der Waals surface area (Å²) in [4.78, 5) is 23.5. The predicted molar refractivity (Wildman–Crippen MR) is 102 cm³/mol. The Labute approximate surface area is 153 Å². The SMILES string of the molecule is Cc1cc(C)c(NC(=O)c2ccnc(N3CCC(C)CC3)n2)c(Cl)c1. The van der Waals surface area contributed by atoms with Gasteiger partial charge in [0.15, 0.2) is 0 Å². The molecule has 1 fully saturated rings. The van der Waals surface area contributed by atoms with Gasteiger partial charge in [-0.3, -0.25) is 4.79 Å². The summed E-state index contributed by atoms with van der Waals surface area (Å²) in [5.41, 5.74) is 2.96. The van der Waals surface area contributed by atoms with E-state index < -0.39 is 0 Å². The van der Waals surface area contributed by atoms with Crippen molar-refractivity contribution in [3.05, 3.63) is 46.2 Å². The topological polar surface area (TPSA) is 58.1 Å². The molecule has 1 aliphatic heterocycles. The highest BCUT2D eigenvalue weighted by atomic mass is 35.5. The van der Waals surface area contributed by atoms with Crippen LogP contribution >= 0.6 is 11.6 Å². The van der Waals surface area contributed by atoms with Crippen molar-refractivity contribution in [2.75, 3.05) is 23.3 Å². The first-order chi connectivity index (χ1) is 11.9. The van der Waals surface area contributed by atoms with E-state index in [1.807, 2.05) is 26.0 Å². The third-order valence-corrected chi connectivity index (χ3v) is 4.91.